The number of furan rings is 1. The van der Waals surface area contributed by atoms with Crippen molar-refractivity contribution >= 4 is 23.6 Å². The van der Waals surface area contributed by atoms with E-state index in [4.69, 9.17) is 14.3 Å². The van der Waals surface area contributed by atoms with Crippen molar-refractivity contribution in [1.29, 1.82) is 5.26 Å². The third kappa shape index (κ3) is 2.63. The van der Waals surface area contributed by atoms with Gasteiger partial charge in [-0.1, -0.05) is 12.1 Å². The van der Waals surface area contributed by atoms with Crippen LogP contribution in [0, 0.1) is 11.3 Å². The van der Waals surface area contributed by atoms with E-state index in [2.05, 4.69) is 0 Å². The Morgan fingerprint density at radius 3 is 2.74 bits per heavy atom. The van der Waals surface area contributed by atoms with Crippen molar-refractivity contribution in [1.82, 2.24) is 0 Å². The summed E-state index contributed by atoms with van der Waals surface area (Å²) in [6, 6.07) is 11.1. The van der Waals surface area contributed by atoms with Gasteiger partial charge < -0.3 is 14.3 Å². The summed E-state index contributed by atoms with van der Waals surface area (Å²) >= 11 is 0. The Morgan fingerprint density at radius 2 is 2.09 bits per heavy atom. The fourth-order valence-corrected chi connectivity index (χ4v) is 2.23. The number of nitrogens with zero attached hydrogens (tertiary/aromatic N) is 1. The molecule has 6 nitrogen and oxygen atoms in total. The molecule has 1 aromatic carbocycles. The third-order valence-corrected chi connectivity index (χ3v) is 3.23. The Kier molecular flexibility index (Phi) is 3.53. The number of cyclic esters (lactones) is 1. The predicted octanol–water partition coefficient (Wildman–Crippen LogP) is 2.85. The van der Waals surface area contributed by atoms with E-state index in [1.54, 1.807) is 24.3 Å². The minimum atomic E-state index is -1.10. The smallest absolute Gasteiger partial charge is 0.355 e. The Bertz CT molecular complexity index is 897. The first kappa shape index (κ1) is 14.4. The van der Waals surface area contributed by atoms with Gasteiger partial charge >= 0.3 is 11.9 Å². The molecule has 1 aromatic heterocycles. The van der Waals surface area contributed by atoms with E-state index in [1.807, 2.05) is 0 Å². The number of hydrogen-bond donors (Lipinski definition) is 1. The van der Waals surface area contributed by atoms with Crippen LogP contribution in [0.1, 0.15) is 21.7 Å². The quantitative estimate of drug-likeness (QED) is 0.875. The maximum Gasteiger partial charge on any atom is 0.355 e. The molecule has 0 radical (unpaired) electrons. The number of nitriles is 1. The van der Waals surface area contributed by atoms with Crippen molar-refractivity contribution in [2.24, 2.45) is 0 Å². The van der Waals surface area contributed by atoms with Crippen LogP contribution in [-0.4, -0.2) is 17.0 Å². The zero-order valence-electron chi connectivity index (χ0n) is 11.6. The molecule has 0 saturated carbocycles. The highest BCUT2D eigenvalue weighted by Crippen LogP contribution is 2.35. The molecule has 0 aliphatic carbocycles. The van der Waals surface area contributed by atoms with Crippen molar-refractivity contribution in [2.45, 2.75) is 0 Å². The van der Waals surface area contributed by atoms with E-state index in [1.165, 1.54) is 30.5 Å². The fraction of sp³-hybridized carbons (Fsp3) is 0. The number of carboxylic acids is 1. The van der Waals surface area contributed by atoms with Crippen LogP contribution in [0.4, 0.5) is 0 Å². The molecule has 112 valence electrons. The molecule has 2 aromatic rings. The van der Waals surface area contributed by atoms with Crippen LogP contribution in [-0.2, 0) is 9.53 Å². The first-order valence-corrected chi connectivity index (χ1v) is 6.56. The zero-order valence-corrected chi connectivity index (χ0v) is 11.6. The van der Waals surface area contributed by atoms with Gasteiger partial charge in [0, 0.05) is 11.6 Å². The standard InChI is InChI=1S/C17H9NO5/c18-9-13-15(10-3-1-4-11(7-10)16(19)20)14(23-17(13)21)8-12-5-2-6-22-12/h1-8H,(H,19,20)/b14-8+. The number of ether oxygens (including phenoxy) is 1. The van der Waals surface area contributed by atoms with E-state index in [9.17, 15) is 14.9 Å². The van der Waals surface area contributed by atoms with Crippen LogP contribution in [0.3, 0.4) is 0 Å². The molecule has 1 N–H and O–H groups in total. The Balaban J connectivity index is 2.17. The number of rotatable bonds is 3. The van der Waals surface area contributed by atoms with E-state index < -0.39 is 11.9 Å². The van der Waals surface area contributed by atoms with Gasteiger partial charge in [0.1, 0.15) is 23.2 Å². The maximum absolute atomic E-state index is 11.9. The molecule has 0 atom stereocenters. The lowest BCUT2D eigenvalue weighted by atomic mass is 9.98. The van der Waals surface area contributed by atoms with Gasteiger partial charge in [0.15, 0.2) is 0 Å². The average molecular weight is 307 g/mol. The summed E-state index contributed by atoms with van der Waals surface area (Å²) < 4.78 is 10.3. The molecule has 0 unspecified atom stereocenters. The van der Waals surface area contributed by atoms with Crippen LogP contribution in [0.2, 0.25) is 0 Å². The average Bonchev–Trinajstić information content (AvgIpc) is 3.15. The molecule has 2 heterocycles. The monoisotopic (exact) mass is 307 g/mol. The summed E-state index contributed by atoms with van der Waals surface area (Å²) in [7, 11) is 0. The number of benzene rings is 1. The molecule has 0 amide bonds. The van der Waals surface area contributed by atoms with Gasteiger partial charge in [-0.3, -0.25) is 0 Å². The first-order chi connectivity index (χ1) is 11.1. The summed E-state index contributed by atoms with van der Waals surface area (Å²) in [5, 5.41) is 18.3. The second-order valence-electron chi connectivity index (χ2n) is 4.66. The van der Waals surface area contributed by atoms with Crippen molar-refractivity contribution in [2.75, 3.05) is 0 Å². The summed E-state index contributed by atoms with van der Waals surface area (Å²) in [6.45, 7) is 0. The molecular weight excluding hydrogens is 298 g/mol. The topological polar surface area (TPSA) is 101 Å². The van der Waals surface area contributed by atoms with E-state index in [-0.39, 0.29) is 22.5 Å². The number of allylic oxidation sites excluding steroid dienone is 1. The largest absolute Gasteiger partial charge is 0.478 e. The molecule has 0 fully saturated rings. The van der Waals surface area contributed by atoms with Crippen LogP contribution in [0.15, 0.2) is 58.4 Å². The molecule has 1 aliphatic rings. The second-order valence-corrected chi connectivity index (χ2v) is 4.66. The third-order valence-electron chi connectivity index (χ3n) is 3.23. The van der Waals surface area contributed by atoms with Crippen LogP contribution < -0.4 is 0 Å². The predicted molar refractivity (Wildman–Crippen MR) is 78.7 cm³/mol. The van der Waals surface area contributed by atoms with Gasteiger partial charge in [-0.2, -0.15) is 5.26 Å². The van der Waals surface area contributed by atoms with Crippen molar-refractivity contribution < 1.29 is 23.8 Å². The van der Waals surface area contributed by atoms with Gasteiger partial charge in [-0.25, -0.2) is 9.59 Å². The summed E-state index contributed by atoms with van der Waals surface area (Å²) in [6.07, 6.45) is 2.94. The lowest BCUT2D eigenvalue weighted by Gasteiger charge is -2.05. The summed E-state index contributed by atoms with van der Waals surface area (Å²) in [4.78, 5) is 23.0. The van der Waals surface area contributed by atoms with Gasteiger partial charge in [-0.15, -0.1) is 0 Å². The van der Waals surface area contributed by atoms with Crippen LogP contribution >= 0.6 is 0 Å². The first-order valence-electron chi connectivity index (χ1n) is 6.56. The van der Waals surface area contributed by atoms with Crippen LogP contribution in [0.5, 0.6) is 0 Å². The van der Waals surface area contributed by atoms with Gasteiger partial charge in [0.25, 0.3) is 0 Å². The lowest BCUT2D eigenvalue weighted by Crippen LogP contribution is -1.98. The second kappa shape index (κ2) is 5.66. The number of carbonyl (C=O) groups excluding carboxylic acids is 1. The fourth-order valence-electron chi connectivity index (χ4n) is 2.23. The minimum Gasteiger partial charge on any atom is -0.478 e. The highest BCUT2D eigenvalue weighted by atomic mass is 16.5. The number of esters is 1. The highest BCUT2D eigenvalue weighted by molar-refractivity contribution is 6.11. The SMILES string of the molecule is N#CC1=C(c2cccc(C(=O)O)c2)/C(=C\c2ccco2)OC1=O. The highest BCUT2D eigenvalue weighted by Gasteiger charge is 2.31. The Labute approximate surface area is 130 Å². The van der Waals surface area contributed by atoms with E-state index in [0.717, 1.165) is 0 Å². The summed E-state index contributed by atoms with van der Waals surface area (Å²) in [5.74, 6) is -1.29. The number of aromatic carboxylic acids is 1. The van der Waals surface area contributed by atoms with Gasteiger partial charge in [0.2, 0.25) is 0 Å². The molecule has 6 heteroatoms. The molecular formula is C17H9NO5. The number of carboxylic acid groups (broad SMARTS) is 1. The molecule has 1 aliphatic heterocycles. The lowest BCUT2D eigenvalue weighted by molar-refractivity contribution is -0.132. The van der Waals surface area contributed by atoms with Gasteiger partial charge in [-0.05, 0) is 29.8 Å². The Morgan fingerprint density at radius 1 is 1.26 bits per heavy atom. The molecule has 0 saturated heterocycles. The Hall–Kier alpha value is -3.59. The van der Waals surface area contributed by atoms with Crippen molar-refractivity contribution in [3.8, 4) is 6.07 Å². The van der Waals surface area contributed by atoms with Crippen molar-refractivity contribution in [3.63, 3.8) is 0 Å². The zero-order chi connectivity index (χ0) is 16.4. The molecule has 3 rings (SSSR count). The van der Waals surface area contributed by atoms with E-state index in [0.29, 0.717) is 11.3 Å². The summed E-state index contributed by atoms with van der Waals surface area (Å²) in [5.41, 5.74) is 0.524. The molecule has 0 bridgehead atoms. The normalized spacial score (nSPS) is 15.6. The van der Waals surface area contributed by atoms with Crippen molar-refractivity contribution in [3.05, 3.63) is 70.9 Å². The number of carbonyl (C=O) groups is 2. The molecule has 0 spiro atoms. The van der Waals surface area contributed by atoms with Crippen LogP contribution in [0.25, 0.3) is 11.6 Å². The number of hydrogen-bond acceptors (Lipinski definition) is 5. The maximum atomic E-state index is 11.9. The minimum absolute atomic E-state index is 0.0454. The van der Waals surface area contributed by atoms with E-state index >= 15 is 0 Å². The molecule has 23 heavy (non-hydrogen) atoms. The van der Waals surface area contributed by atoms with Gasteiger partial charge in [0.05, 0.1) is 11.8 Å².